The summed E-state index contributed by atoms with van der Waals surface area (Å²) in [6.45, 7) is 5.32. The zero-order chi connectivity index (χ0) is 12.1. The molecule has 0 aliphatic carbocycles. The van der Waals surface area contributed by atoms with Crippen LogP contribution in [0, 0.1) is 0 Å². The molecule has 1 N–H and O–H groups in total. The smallest absolute Gasteiger partial charge is 0.226 e. The Bertz CT molecular complexity index is 334. The molecule has 0 radical (unpaired) electrons. The summed E-state index contributed by atoms with van der Waals surface area (Å²) in [4.78, 5) is 4.48. The molecule has 4 nitrogen and oxygen atoms in total. The van der Waals surface area contributed by atoms with Gasteiger partial charge in [0.2, 0.25) is 5.89 Å². The monoisotopic (exact) mass is 255 g/mol. The third-order valence-electron chi connectivity index (χ3n) is 2.82. The first kappa shape index (κ1) is 12.9. The van der Waals surface area contributed by atoms with E-state index in [9.17, 15) is 0 Å². The number of rotatable bonds is 6. The van der Waals surface area contributed by atoms with Crippen LogP contribution in [0.25, 0.3) is 0 Å². The Morgan fingerprint density at radius 1 is 1.53 bits per heavy atom. The van der Waals surface area contributed by atoms with E-state index in [4.69, 9.17) is 4.52 Å². The highest BCUT2D eigenvalue weighted by Crippen LogP contribution is 2.38. The van der Waals surface area contributed by atoms with E-state index in [-0.39, 0.29) is 0 Å². The molecule has 1 aliphatic rings. The van der Waals surface area contributed by atoms with Gasteiger partial charge in [-0.2, -0.15) is 16.7 Å². The lowest BCUT2D eigenvalue weighted by atomic mass is 10.2. The zero-order valence-electron chi connectivity index (χ0n) is 10.6. The number of aromatic nitrogens is 2. The van der Waals surface area contributed by atoms with Gasteiger partial charge in [0, 0.05) is 12.5 Å². The molecular formula is C12H21N3OS. The van der Waals surface area contributed by atoms with Gasteiger partial charge in [-0.3, -0.25) is 0 Å². The summed E-state index contributed by atoms with van der Waals surface area (Å²) in [6.07, 6.45) is 4.40. The number of nitrogens with one attached hydrogen (secondary N) is 1. The van der Waals surface area contributed by atoms with Crippen LogP contribution in [-0.2, 0) is 6.42 Å². The highest BCUT2D eigenvalue weighted by atomic mass is 32.2. The van der Waals surface area contributed by atoms with Crippen LogP contribution < -0.4 is 5.32 Å². The van der Waals surface area contributed by atoms with E-state index in [1.54, 1.807) is 0 Å². The average Bonchev–Trinajstić information content (AvgIpc) is 2.94. The number of aryl methyl sites for hydroxylation is 1. The van der Waals surface area contributed by atoms with Crippen molar-refractivity contribution in [1.29, 1.82) is 0 Å². The third kappa shape index (κ3) is 4.00. The summed E-state index contributed by atoms with van der Waals surface area (Å²) >= 11 is 1.94. The number of thioether (sulfide) groups is 1. The minimum Gasteiger partial charge on any atom is -0.339 e. The molecule has 1 aromatic rings. The van der Waals surface area contributed by atoms with E-state index >= 15 is 0 Å². The van der Waals surface area contributed by atoms with Crippen molar-refractivity contribution in [3.05, 3.63) is 11.7 Å². The van der Waals surface area contributed by atoms with Gasteiger partial charge >= 0.3 is 0 Å². The Kier molecular flexibility index (Phi) is 4.86. The van der Waals surface area contributed by atoms with Crippen LogP contribution in [0.4, 0.5) is 0 Å². The molecular weight excluding hydrogens is 234 g/mol. The average molecular weight is 255 g/mol. The number of hydrogen-bond donors (Lipinski definition) is 1. The fourth-order valence-corrected chi connectivity index (χ4v) is 3.11. The first-order valence-corrected chi connectivity index (χ1v) is 7.48. The fraction of sp³-hybridized carbons (Fsp3) is 0.833. The van der Waals surface area contributed by atoms with Gasteiger partial charge in [-0.25, -0.2) is 0 Å². The molecule has 1 fully saturated rings. The summed E-state index contributed by atoms with van der Waals surface area (Å²) in [5.41, 5.74) is 0. The summed E-state index contributed by atoms with van der Waals surface area (Å²) < 4.78 is 5.28. The van der Waals surface area contributed by atoms with Crippen LogP contribution in [-0.4, -0.2) is 28.5 Å². The van der Waals surface area contributed by atoms with Crippen molar-refractivity contribution in [1.82, 2.24) is 15.5 Å². The minimum absolute atomic E-state index is 0.473. The van der Waals surface area contributed by atoms with Crippen LogP contribution in [0.1, 0.15) is 50.1 Å². The predicted octanol–water partition coefficient (Wildman–Crippen LogP) is 2.57. The maximum atomic E-state index is 5.28. The van der Waals surface area contributed by atoms with Crippen molar-refractivity contribution < 1.29 is 4.52 Å². The van der Waals surface area contributed by atoms with Crippen molar-refractivity contribution >= 4 is 11.8 Å². The van der Waals surface area contributed by atoms with Gasteiger partial charge in [-0.15, -0.1) is 0 Å². The van der Waals surface area contributed by atoms with Gasteiger partial charge in [0.1, 0.15) is 0 Å². The van der Waals surface area contributed by atoms with E-state index in [0.717, 1.165) is 31.1 Å². The van der Waals surface area contributed by atoms with Crippen LogP contribution in [0.3, 0.4) is 0 Å². The molecule has 96 valence electrons. The molecule has 0 aromatic carbocycles. The molecule has 1 aliphatic heterocycles. The Hall–Kier alpha value is -0.550. The first-order chi connectivity index (χ1) is 8.25. The molecule has 17 heavy (non-hydrogen) atoms. The van der Waals surface area contributed by atoms with Gasteiger partial charge in [0.25, 0.3) is 0 Å². The number of hydrogen-bond acceptors (Lipinski definition) is 5. The molecule has 1 atom stereocenters. The van der Waals surface area contributed by atoms with Crippen LogP contribution >= 0.6 is 11.8 Å². The van der Waals surface area contributed by atoms with Crippen molar-refractivity contribution in [2.75, 3.05) is 12.3 Å². The second kappa shape index (κ2) is 6.40. The maximum Gasteiger partial charge on any atom is 0.226 e. The first-order valence-electron chi connectivity index (χ1n) is 6.43. The highest BCUT2D eigenvalue weighted by Gasteiger charge is 2.22. The van der Waals surface area contributed by atoms with Crippen molar-refractivity contribution in [2.45, 2.75) is 50.8 Å². The van der Waals surface area contributed by atoms with Crippen LogP contribution in [0.5, 0.6) is 0 Å². The van der Waals surface area contributed by atoms with Crippen molar-refractivity contribution in [3.63, 3.8) is 0 Å². The van der Waals surface area contributed by atoms with Gasteiger partial charge in [0.15, 0.2) is 5.82 Å². The topological polar surface area (TPSA) is 51.0 Å². The molecule has 2 heterocycles. The van der Waals surface area contributed by atoms with Crippen LogP contribution in [0.2, 0.25) is 0 Å². The quantitative estimate of drug-likeness (QED) is 0.792. The molecule has 0 bridgehead atoms. The second-order valence-electron chi connectivity index (χ2n) is 4.76. The third-order valence-corrected chi connectivity index (χ3v) is 4.19. The highest BCUT2D eigenvalue weighted by molar-refractivity contribution is 7.99. The zero-order valence-corrected chi connectivity index (χ0v) is 11.4. The normalized spacial score (nSPS) is 20.3. The molecule has 1 aromatic heterocycles. The molecule has 2 rings (SSSR count). The van der Waals surface area contributed by atoms with Gasteiger partial charge in [-0.05, 0) is 31.6 Å². The largest absolute Gasteiger partial charge is 0.339 e. The molecule has 0 amide bonds. The van der Waals surface area contributed by atoms with Crippen molar-refractivity contribution in [3.8, 4) is 0 Å². The number of nitrogens with zero attached hydrogens (tertiary/aromatic N) is 2. The molecule has 5 heteroatoms. The maximum absolute atomic E-state index is 5.28. The Morgan fingerprint density at radius 2 is 2.41 bits per heavy atom. The van der Waals surface area contributed by atoms with Gasteiger partial charge in [-0.1, -0.05) is 19.0 Å². The molecule has 0 saturated carbocycles. The van der Waals surface area contributed by atoms with E-state index in [1.807, 2.05) is 11.8 Å². The second-order valence-corrected chi connectivity index (χ2v) is 6.07. The van der Waals surface area contributed by atoms with E-state index < -0.39 is 0 Å². The summed E-state index contributed by atoms with van der Waals surface area (Å²) in [6, 6.07) is 0.545. The minimum atomic E-state index is 0.473. The SMILES string of the molecule is CC(C)NCCCc1nc(C2CCCS2)no1. The summed E-state index contributed by atoms with van der Waals surface area (Å²) in [5.74, 6) is 2.92. The lowest BCUT2D eigenvalue weighted by Crippen LogP contribution is -2.23. The lowest BCUT2D eigenvalue weighted by Gasteiger charge is -2.05. The van der Waals surface area contributed by atoms with Gasteiger partial charge in [0.05, 0.1) is 5.25 Å². The van der Waals surface area contributed by atoms with E-state index in [2.05, 4.69) is 29.3 Å². The Labute approximate surface area is 107 Å². The predicted molar refractivity (Wildman–Crippen MR) is 70.2 cm³/mol. The van der Waals surface area contributed by atoms with Crippen LogP contribution in [0.15, 0.2) is 4.52 Å². The summed E-state index contributed by atoms with van der Waals surface area (Å²) in [7, 11) is 0. The summed E-state index contributed by atoms with van der Waals surface area (Å²) in [5, 5.41) is 7.94. The molecule has 1 unspecified atom stereocenters. The standard InChI is InChI=1S/C12H21N3OS/c1-9(2)13-7-3-6-11-14-12(15-16-11)10-5-4-8-17-10/h9-10,13H,3-8H2,1-2H3. The molecule has 0 spiro atoms. The Morgan fingerprint density at radius 3 is 3.12 bits per heavy atom. The van der Waals surface area contributed by atoms with Gasteiger partial charge < -0.3 is 9.84 Å². The van der Waals surface area contributed by atoms with E-state index in [1.165, 1.54) is 18.6 Å². The lowest BCUT2D eigenvalue weighted by molar-refractivity contribution is 0.368. The Balaban J connectivity index is 1.74. The fourth-order valence-electron chi connectivity index (χ4n) is 1.91. The van der Waals surface area contributed by atoms with E-state index in [0.29, 0.717) is 11.3 Å². The van der Waals surface area contributed by atoms with Crippen molar-refractivity contribution in [2.24, 2.45) is 0 Å². The molecule has 1 saturated heterocycles.